The summed E-state index contributed by atoms with van der Waals surface area (Å²) in [7, 11) is 1.51. The molecule has 0 radical (unpaired) electrons. The molecule has 1 aliphatic rings. The molecule has 1 fully saturated rings. The van der Waals surface area contributed by atoms with Gasteiger partial charge in [0, 0.05) is 5.56 Å². The lowest BCUT2D eigenvalue weighted by Gasteiger charge is -2.24. The first kappa shape index (κ1) is 22.0. The Hall–Kier alpha value is -3.23. The number of ketones is 1. The van der Waals surface area contributed by atoms with Crippen LogP contribution in [0.2, 0.25) is 5.02 Å². The van der Waals surface area contributed by atoms with Gasteiger partial charge in [0.15, 0.2) is 0 Å². The van der Waals surface area contributed by atoms with Gasteiger partial charge in [0.05, 0.1) is 41.0 Å². The minimum atomic E-state index is -0.945. The summed E-state index contributed by atoms with van der Waals surface area (Å²) in [4.78, 5) is 27.3. The standard InChI is InChI=1S/C23H17BrClNO6/c1-31-18-7-5-13(9-15(18)24)21(28)19-20(12-4-6-17(27)16(25)10-12)26(23(30)22(19)29)11-14-3-2-8-32-14/h2-10,20,27-28H,11H2,1H3/b21-19-. The molecule has 1 saturated heterocycles. The molecule has 9 heteroatoms. The van der Waals surface area contributed by atoms with Gasteiger partial charge in [0.1, 0.15) is 23.0 Å². The van der Waals surface area contributed by atoms with Crippen molar-refractivity contribution in [3.63, 3.8) is 0 Å². The monoisotopic (exact) mass is 517 g/mol. The van der Waals surface area contributed by atoms with Gasteiger partial charge in [-0.15, -0.1) is 0 Å². The minimum Gasteiger partial charge on any atom is -0.507 e. The number of halogens is 2. The van der Waals surface area contributed by atoms with E-state index in [9.17, 15) is 19.8 Å². The second-order valence-electron chi connectivity index (χ2n) is 7.07. The number of aliphatic hydroxyl groups is 1. The third-order valence-corrected chi connectivity index (χ3v) is 6.08. The number of Topliss-reactive ketones (excluding diaryl/α,β-unsaturated/α-hetero) is 1. The fourth-order valence-electron chi connectivity index (χ4n) is 3.62. The lowest BCUT2D eigenvalue weighted by Crippen LogP contribution is -2.29. The van der Waals surface area contributed by atoms with Crippen LogP contribution in [-0.2, 0) is 16.1 Å². The molecule has 0 saturated carbocycles. The number of phenolic OH excluding ortho intramolecular Hbond substituents is 1. The Morgan fingerprint density at radius 3 is 2.62 bits per heavy atom. The largest absolute Gasteiger partial charge is 0.507 e. The van der Waals surface area contributed by atoms with Crippen molar-refractivity contribution in [3.8, 4) is 11.5 Å². The summed E-state index contributed by atoms with van der Waals surface area (Å²) in [6.45, 7) is 0.00379. The van der Waals surface area contributed by atoms with Gasteiger partial charge in [-0.3, -0.25) is 9.59 Å². The van der Waals surface area contributed by atoms with Crippen molar-refractivity contribution in [3.05, 3.63) is 86.7 Å². The number of likely N-dealkylation sites (tertiary alicyclic amines) is 1. The van der Waals surface area contributed by atoms with Gasteiger partial charge in [-0.1, -0.05) is 17.7 Å². The Bertz CT molecular complexity index is 1240. The summed E-state index contributed by atoms with van der Waals surface area (Å²) in [5.41, 5.74) is 0.677. The first-order chi connectivity index (χ1) is 15.3. The zero-order valence-corrected chi connectivity index (χ0v) is 19.1. The first-order valence-corrected chi connectivity index (χ1v) is 10.6. The Morgan fingerprint density at radius 1 is 1.22 bits per heavy atom. The van der Waals surface area contributed by atoms with Gasteiger partial charge in [-0.2, -0.15) is 0 Å². The van der Waals surface area contributed by atoms with Crippen LogP contribution in [0.25, 0.3) is 5.76 Å². The number of ether oxygens (including phenoxy) is 1. The normalized spacial score (nSPS) is 17.7. The highest BCUT2D eigenvalue weighted by molar-refractivity contribution is 9.10. The fourth-order valence-corrected chi connectivity index (χ4v) is 4.35. The number of aliphatic hydroxyl groups excluding tert-OH is 1. The van der Waals surface area contributed by atoms with Gasteiger partial charge in [-0.05, 0) is 64.0 Å². The van der Waals surface area contributed by atoms with E-state index < -0.39 is 17.7 Å². The molecule has 7 nitrogen and oxygen atoms in total. The van der Waals surface area contributed by atoms with E-state index in [1.165, 1.54) is 30.4 Å². The van der Waals surface area contributed by atoms with Crippen LogP contribution in [0.15, 0.2) is 69.3 Å². The van der Waals surface area contributed by atoms with Crippen molar-refractivity contribution >= 4 is 45.0 Å². The molecule has 4 rings (SSSR count). The summed E-state index contributed by atoms with van der Waals surface area (Å²) in [6, 6.07) is 11.6. The molecule has 1 aromatic heterocycles. The molecule has 32 heavy (non-hydrogen) atoms. The number of phenols is 1. The molecular formula is C23H17BrClNO6. The van der Waals surface area contributed by atoms with Crippen molar-refractivity contribution in [1.82, 2.24) is 4.90 Å². The number of carbonyl (C=O) groups is 2. The van der Waals surface area contributed by atoms with Crippen LogP contribution in [0, 0.1) is 0 Å². The Balaban J connectivity index is 1.89. The third-order valence-electron chi connectivity index (χ3n) is 5.16. The van der Waals surface area contributed by atoms with E-state index in [0.29, 0.717) is 27.1 Å². The molecule has 1 atom stereocenters. The van der Waals surface area contributed by atoms with Crippen molar-refractivity contribution in [2.75, 3.05) is 7.11 Å². The Morgan fingerprint density at radius 2 is 2.00 bits per heavy atom. The number of carbonyl (C=O) groups excluding carboxylic acids is 2. The summed E-state index contributed by atoms with van der Waals surface area (Å²) < 4.78 is 11.1. The smallest absolute Gasteiger partial charge is 0.296 e. The number of furan rings is 1. The van der Waals surface area contributed by atoms with Crippen LogP contribution in [-0.4, -0.2) is 33.9 Å². The zero-order chi connectivity index (χ0) is 23.0. The van der Waals surface area contributed by atoms with Crippen molar-refractivity contribution in [2.24, 2.45) is 0 Å². The maximum absolute atomic E-state index is 13.0. The van der Waals surface area contributed by atoms with Crippen LogP contribution in [0.1, 0.15) is 22.9 Å². The van der Waals surface area contributed by atoms with E-state index in [0.717, 1.165) is 0 Å². The van der Waals surface area contributed by atoms with Crippen LogP contribution in [0.3, 0.4) is 0 Å². The van der Waals surface area contributed by atoms with Gasteiger partial charge in [0.2, 0.25) is 0 Å². The highest BCUT2D eigenvalue weighted by Gasteiger charge is 2.46. The van der Waals surface area contributed by atoms with Gasteiger partial charge >= 0.3 is 0 Å². The molecule has 1 amide bonds. The molecule has 0 aliphatic carbocycles. The number of benzene rings is 2. The lowest BCUT2D eigenvalue weighted by molar-refractivity contribution is -0.140. The molecule has 3 aromatic rings. The van der Waals surface area contributed by atoms with Crippen molar-refractivity contribution < 1.29 is 29.0 Å². The Kier molecular flexibility index (Phi) is 5.99. The van der Waals surface area contributed by atoms with Crippen LogP contribution < -0.4 is 4.74 Å². The second-order valence-corrected chi connectivity index (χ2v) is 8.33. The molecule has 1 unspecified atom stereocenters. The molecular weight excluding hydrogens is 502 g/mol. The average Bonchev–Trinajstić information content (AvgIpc) is 3.37. The molecule has 1 aliphatic heterocycles. The SMILES string of the molecule is COc1ccc(/C(O)=C2/C(=O)C(=O)N(Cc3ccco3)C2c2ccc(O)c(Cl)c2)cc1Br. The number of aromatic hydroxyl groups is 1. The van der Waals surface area contributed by atoms with E-state index >= 15 is 0 Å². The van der Waals surface area contributed by atoms with Crippen molar-refractivity contribution in [2.45, 2.75) is 12.6 Å². The summed E-state index contributed by atoms with van der Waals surface area (Å²) in [5.74, 6) is -1.10. The van der Waals surface area contributed by atoms with E-state index in [1.807, 2.05) is 0 Å². The third kappa shape index (κ3) is 3.87. The number of hydrogen-bond donors (Lipinski definition) is 2. The zero-order valence-electron chi connectivity index (χ0n) is 16.7. The summed E-state index contributed by atoms with van der Waals surface area (Å²) in [6.07, 6.45) is 1.47. The first-order valence-electron chi connectivity index (χ1n) is 9.45. The van der Waals surface area contributed by atoms with Gasteiger partial charge < -0.3 is 24.3 Å². The molecule has 2 heterocycles. The summed E-state index contributed by atoms with van der Waals surface area (Å²) in [5, 5.41) is 21.0. The number of amides is 1. The quantitative estimate of drug-likeness (QED) is 0.279. The maximum atomic E-state index is 13.0. The number of methoxy groups -OCH3 is 1. The molecule has 2 N–H and O–H groups in total. The van der Waals surface area contributed by atoms with Crippen LogP contribution in [0.4, 0.5) is 0 Å². The Labute approximate surface area is 196 Å². The molecule has 0 bridgehead atoms. The second kappa shape index (κ2) is 8.72. The van der Waals surface area contributed by atoms with E-state index in [2.05, 4.69) is 15.9 Å². The fraction of sp³-hybridized carbons (Fsp3) is 0.130. The average molecular weight is 519 g/mol. The van der Waals surface area contributed by atoms with E-state index in [1.54, 1.807) is 36.4 Å². The highest BCUT2D eigenvalue weighted by atomic mass is 79.9. The maximum Gasteiger partial charge on any atom is 0.296 e. The molecule has 2 aromatic carbocycles. The predicted octanol–water partition coefficient (Wildman–Crippen LogP) is 5.03. The number of hydrogen-bond acceptors (Lipinski definition) is 6. The van der Waals surface area contributed by atoms with E-state index in [4.69, 9.17) is 20.8 Å². The number of nitrogens with zero attached hydrogens (tertiary/aromatic N) is 1. The molecule has 0 spiro atoms. The van der Waals surface area contributed by atoms with Gasteiger partial charge in [0.25, 0.3) is 11.7 Å². The van der Waals surface area contributed by atoms with Crippen LogP contribution >= 0.6 is 27.5 Å². The lowest BCUT2D eigenvalue weighted by atomic mass is 9.95. The highest BCUT2D eigenvalue weighted by Crippen LogP contribution is 2.42. The van der Waals surface area contributed by atoms with Gasteiger partial charge in [-0.25, -0.2) is 0 Å². The topological polar surface area (TPSA) is 100 Å². The molecule has 164 valence electrons. The van der Waals surface area contributed by atoms with E-state index in [-0.39, 0.29) is 28.6 Å². The van der Waals surface area contributed by atoms with Crippen molar-refractivity contribution in [1.29, 1.82) is 0 Å². The van der Waals surface area contributed by atoms with Crippen LogP contribution in [0.5, 0.6) is 11.5 Å². The minimum absolute atomic E-state index is 0.00379. The predicted molar refractivity (Wildman–Crippen MR) is 120 cm³/mol. The summed E-state index contributed by atoms with van der Waals surface area (Å²) >= 11 is 9.46. The number of rotatable bonds is 5.